The number of carbonyl (C=O) groups excluding carboxylic acids is 1. The predicted octanol–water partition coefficient (Wildman–Crippen LogP) is 2.61. The number of ketones is 1. The number of rotatable bonds is 0. The smallest absolute Gasteiger partial charge is 0.180 e. The number of hydrogen-bond acceptors (Lipinski definition) is 3. The summed E-state index contributed by atoms with van der Waals surface area (Å²) in [5.41, 5.74) is 0. The quantitative estimate of drug-likeness (QED) is 0.632. The van der Waals surface area contributed by atoms with Gasteiger partial charge in [-0.2, -0.15) is 0 Å². The maximum absolute atomic E-state index is 9.44. The highest BCUT2D eigenvalue weighted by Gasteiger charge is 1.94. The van der Waals surface area contributed by atoms with E-state index in [-0.39, 0.29) is 5.78 Å². The van der Waals surface area contributed by atoms with Gasteiger partial charge in [-0.3, -0.25) is 0 Å². The third-order valence-corrected chi connectivity index (χ3v) is 0.744. The van der Waals surface area contributed by atoms with Crippen LogP contribution in [0.2, 0.25) is 0 Å². The van der Waals surface area contributed by atoms with E-state index in [1.165, 1.54) is 13.8 Å². The minimum absolute atomic E-state index is 0.167. The van der Waals surface area contributed by atoms with E-state index in [4.69, 9.17) is 44.3 Å². The van der Waals surface area contributed by atoms with Crippen LogP contribution in [-0.4, -0.2) is 36.5 Å². The Morgan fingerprint density at radius 1 is 1.00 bits per heavy atom. The number of hydrogen-bond donors (Lipinski definition) is 0. The highest BCUT2D eigenvalue weighted by Crippen LogP contribution is 2.03. The summed E-state index contributed by atoms with van der Waals surface area (Å²) in [6.45, 7) is 6.17. The van der Waals surface area contributed by atoms with Crippen LogP contribution in [-0.2, 0) is 14.3 Å². The number of alkyl halides is 3. The van der Waals surface area contributed by atoms with Crippen molar-refractivity contribution in [2.75, 3.05) is 26.4 Å². The number of halogens is 3. The zero-order valence-corrected chi connectivity index (χ0v) is 10.5. The van der Waals surface area contributed by atoms with E-state index in [9.17, 15) is 4.79 Å². The third-order valence-electron chi connectivity index (χ3n) is 0.744. The van der Waals surface area contributed by atoms with Gasteiger partial charge in [-0.15, -0.1) is 0 Å². The SMILES string of the molecule is C1COCCO1.CC(C)=O.ClC(Cl)Cl. The molecule has 1 rings (SSSR count). The summed E-state index contributed by atoms with van der Waals surface area (Å²) in [5, 5.41) is 0. The molecule has 0 bridgehead atoms. The van der Waals surface area contributed by atoms with Gasteiger partial charge in [0.1, 0.15) is 5.78 Å². The van der Waals surface area contributed by atoms with Crippen LogP contribution in [0.5, 0.6) is 0 Å². The molecule has 0 aromatic rings. The molecule has 86 valence electrons. The van der Waals surface area contributed by atoms with Crippen molar-refractivity contribution in [1.29, 1.82) is 0 Å². The molecule has 6 heteroatoms. The lowest BCUT2D eigenvalue weighted by Crippen LogP contribution is -2.16. The average molecular weight is 266 g/mol. The normalized spacial score (nSPS) is 14.7. The Balaban J connectivity index is 0. The fourth-order valence-corrected chi connectivity index (χ4v) is 0.440. The zero-order valence-electron chi connectivity index (χ0n) is 8.26. The summed E-state index contributed by atoms with van der Waals surface area (Å²) >= 11 is 14.4. The van der Waals surface area contributed by atoms with Gasteiger partial charge in [0, 0.05) is 0 Å². The van der Waals surface area contributed by atoms with Crippen molar-refractivity contribution >= 4 is 40.6 Å². The molecule has 0 atom stereocenters. The fourth-order valence-electron chi connectivity index (χ4n) is 0.440. The lowest BCUT2D eigenvalue weighted by atomic mass is 10.6. The molecule has 1 saturated heterocycles. The number of ether oxygens (including phenoxy) is 2. The van der Waals surface area contributed by atoms with Crippen molar-refractivity contribution in [2.24, 2.45) is 0 Å². The minimum Gasteiger partial charge on any atom is -0.377 e. The fraction of sp³-hybridized carbons (Fsp3) is 0.875. The van der Waals surface area contributed by atoms with Gasteiger partial charge in [0.15, 0.2) is 4.30 Å². The first-order chi connectivity index (χ1) is 6.46. The molecule has 0 N–H and O–H groups in total. The van der Waals surface area contributed by atoms with Crippen LogP contribution >= 0.6 is 34.8 Å². The van der Waals surface area contributed by atoms with Crippen LogP contribution in [0.3, 0.4) is 0 Å². The van der Waals surface area contributed by atoms with Crippen molar-refractivity contribution in [3.8, 4) is 0 Å². The number of Topliss-reactive ketones (excluding diaryl/α,β-unsaturated/α-hetero) is 1. The van der Waals surface area contributed by atoms with Gasteiger partial charge in [-0.05, 0) is 13.8 Å². The molecule has 0 aromatic heterocycles. The van der Waals surface area contributed by atoms with E-state index in [0.717, 1.165) is 26.4 Å². The van der Waals surface area contributed by atoms with Gasteiger partial charge in [0.2, 0.25) is 0 Å². The van der Waals surface area contributed by atoms with Crippen molar-refractivity contribution in [3.05, 3.63) is 0 Å². The highest BCUT2D eigenvalue weighted by atomic mass is 35.6. The molecule has 0 amide bonds. The van der Waals surface area contributed by atoms with Gasteiger partial charge in [0.25, 0.3) is 0 Å². The predicted molar refractivity (Wildman–Crippen MR) is 59.3 cm³/mol. The molecule has 0 unspecified atom stereocenters. The molecule has 1 fully saturated rings. The summed E-state index contributed by atoms with van der Waals surface area (Å²) in [6.07, 6.45) is 0. The summed E-state index contributed by atoms with van der Waals surface area (Å²) in [7, 11) is 0. The van der Waals surface area contributed by atoms with Crippen LogP contribution in [0.25, 0.3) is 0 Å². The molecular weight excluding hydrogens is 250 g/mol. The third kappa shape index (κ3) is 39.2. The Bertz CT molecular complexity index is 109. The summed E-state index contributed by atoms with van der Waals surface area (Å²) in [6, 6.07) is 0. The monoisotopic (exact) mass is 264 g/mol. The molecule has 1 heterocycles. The van der Waals surface area contributed by atoms with Crippen molar-refractivity contribution in [1.82, 2.24) is 0 Å². The summed E-state index contributed by atoms with van der Waals surface area (Å²) < 4.78 is 9.14. The minimum atomic E-state index is -0.750. The van der Waals surface area contributed by atoms with E-state index in [2.05, 4.69) is 0 Å². The van der Waals surface area contributed by atoms with Crippen LogP contribution < -0.4 is 0 Å². The van der Waals surface area contributed by atoms with Crippen molar-refractivity contribution in [2.45, 2.75) is 18.1 Å². The second-order valence-corrected chi connectivity index (χ2v) is 4.36. The Hall–Kier alpha value is 0.460. The van der Waals surface area contributed by atoms with Gasteiger partial charge >= 0.3 is 0 Å². The van der Waals surface area contributed by atoms with Crippen LogP contribution in [0, 0.1) is 0 Å². The summed E-state index contributed by atoms with van der Waals surface area (Å²) in [5.74, 6) is 0.167. The van der Waals surface area contributed by atoms with E-state index < -0.39 is 4.30 Å². The molecule has 0 radical (unpaired) electrons. The second kappa shape index (κ2) is 13.5. The second-order valence-electron chi connectivity index (χ2n) is 2.38. The molecule has 1 aliphatic heterocycles. The van der Waals surface area contributed by atoms with Crippen LogP contribution in [0.15, 0.2) is 0 Å². The van der Waals surface area contributed by atoms with Crippen LogP contribution in [0.1, 0.15) is 13.8 Å². The lowest BCUT2D eigenvalue weighted by Gasteiger charge is -2.09. The average Bonchev–Trinajstić information content (AvgIpc) is 2.05. The maximum atomic E-state index is 9.44. The molecule has 1 aliphatic rings. The van der Waals surface area contributed by atoms with E-state index in [1.807, 2.05) is 0 Å². The topological polar surface area (TPSA) is 35.5 Å². The largest absolute Gasteiger partial charge is 0.377 e. The van der Waals surface area contributed by atoms with Crippen LogP contribution in [0.4, 0.5) is 0 Å². The molecular formula is C8H15Cl3O3. The lowest BCUT2D eigenvalue weighted by molar-refractivity contribution is -0.114. The Kier molecular flexibility index (Phi) is 16.2. The molecule has 0 saturated carbocycles. The molecule has 0 aromatic carbocycles. The first-order valence-corrected chi connectivity index (χ1v) is 5.32. The van der Waals surface area contributed by atoms with Gasteiger partial charge in [0.05, 0.1) is 26.4 Å². The van der Waals surface area contributed by atoms with Gasteiger partial charge < -0.3 is 14.3 Å². The van der Waals surface area contributed by atoms with Gasteiger partial charge in [-0.25, -0.2) is 0 Å². The van der Waals surface area contributed by atoms with Crippen molar-refractivity contribution < 1.29 is 14.3 Å². The number of carbonyl (C=O) groups is 1. The Labute approximate surface area is 99.6 Å². The Morgan fingerprint density at radius 3 is 1.21 bits per heavy atom. The first kappa shape index (κ1) is 16.9. The van der Waals surface area contributed by atoms with E-state index in [0.29, 0.717) is 0 Å². The zero-order chi connectivity index (χ0) is 11.4. The first-order valence-electron chi connectivity index (χ1n) is 4.01. The molecule has 14 heavy (non-hydrogen) atoms. The standard InChI is InChI=1S/C4H8O2.C3H6O.CHCl3/c1-2-6-4-3-5-1;1-3(2)4;2-1(3)4/h1-4H2;1-2H3;1H. The Morgan fingerprint density at radius 2 is 1.14 bits per heavy atom. The molecule has 0 aliphatic carbocycles. The van der Waals surface area contributed by atoms with Crippen molar-refractivity contribution in [3.63, 3.8) is 0 Å². The molecule has 3 nitrogen and oxygen atoms in total. The highest BCUT2D eigenvalue weighted by molar-refractivity contribution is 6.63. The maximum Gasteiger partial charge on any atom is 0.180 e. The van der Waals surface area contributed by atoms with E-state index >= 15 is 0 Å². The summed E-state index contributed by atoms with van der Waals surface area (Å²) in [4.78, 5) is 9.44. The molecule has 0 spiro atoms. The van der Waals surface area contributed by atoms with E-state index in [1.54, 1.807) is 0 Å². The van der Waals surface area contributed by atoms with Gasteiger partial charge in [-0.1, -0.05) is 34.8 Å².